The van der Waals surface area contributed by atoms with Gasteiger partial charge in [0.2, 0.25) is 0 Å². The van der Waals surface area contributed by atoms with Crippen LogP contribution in [0.3, 0.4) is 0 Å². The van der Waals surface area contributed by atoms with Gasteiger partial charge in [-0.2, -0.15) is 0 Å². The normalized spacial score (nSPS) is 10.4. The summed E-state index contributed by atoms with van der Waals surface area (Å²) < 4.78 is 1.07. The Labute approximate surface area is 123 Å². The Balaban J connectivity index is 2.15. The molecule has 0 amide bonds. The molecule has 0 saturated heterocycles. The number of halogens is 1. The zero-order valence-corrected chi connectivity index (χ0v) is 12.7. The highest BCUT2D eigenvalue weighted by Gasteiger charge is 2.08. The third kappa shape index (κ3) is 3.78. The van der Waals surface area contributed by atoms with E-state index in [9.17, 15) is 4.79 Å². The zero-order chi connectivity index (χ0) is 13.8. The fraction of sp³-hybridized carbons (Fsp3) is 0.231. The number of nitrogens with one attached hydrogen (secondary N) is 1. The van der Waals surface area contributed by atoms with Crippen molar-refractivity contribution in [2.24, 2.45) is 0 Å². The molecular weight excluding hydrogens is 328 g/mol. The van der Waals surface area contributed by atoms with Crippen LogP contribution in [0.5, 0.6) is 0 Å². The number of anilines is 1. The summed E-state index contributed by atoms with van der Waals surface area (Å²) in [6, 6.07) is 7.17. The number of carbonyl (C=O) groups is 1. The summed E-state index contributed by atoms with van der Waals surface area (Å²) in [5.41, 5.74) is 1.04. The summed E-state index contributed by atoms with van der Waals surface area (Å²) in [4.78, 5) is 16.6. The molecule has 2 aromatic rings. The maximum atomic E-state index is 11.0. The lowest BCUT2D eigenvalue weighted by molar-refractivity contribution is 0.0696. The van der Waals surface area contributed by atoms with Gasteiger partial charge in [0.15, 0.2) is 0 Å². The van der Waals surface area contributed by atoms with Crippen molar-refractivity contribution in [3.63, 3.8) is 0 Å². The Morgan fingerprint density at radius 3 is 2.84 bits per heavy atom. The molecule has 2 N–H and O–H groups in total. The van der Waals surface area contributed by atoms with E-state index in [0.29, 0.717) is 18.8 Å². The number of carboxylic acids is 1. The molecule has 0 aliphatic carbocycles. The highest BCUT2D eigenvalue weighted by Crippen LogP contribution is 2.23. The lowest BCUT2D eigenvalue weighted by Crippen LogP contribution is -2.05. The van der Waals surface area contributed by atoms with Gasteiger partial charge in [-0.3, -0.25) is 0 Å². The molecule has 2 heterocycles. The van der Waals surface area contributed by atoms with Gasteiger partial charge >= 0.3 is 5.97 Å². The SMILES string of the molecule is CCc1cc(C(=O)O)cc(NCc2ccc(Br)s2)n1. The molecule has 4 nitrogen and oxygen atoms in total. The molecule has 0 atom stereocenters. The van der Waals surface area contributed by atoms with Crippen molar-refractivity contribution < 1.29 is 9.90 Å². The number of aryl methyl sites for hydroxylation is 1. The van der Waals surface area contributed by atoms with E-state index in [1.165, 1.54) is 0 Å². The monoisotopic (exact) mass is 340 g/mol. The fourth-order valence-electron chi connectivity index (χ4n) is 1.61. The maximum Gasteiger partial charge on any atom is 0.335 e. The minimum atomic E-state index is -0.931. The van der Waals surface area contributed by atoms with Crippen LogP contribution in [0, 0.1) is 0 Å². The van der Waals surface area contributed by atoms with Gasteiger partial charge in [0, 0.05) is 10.6 Å². The molecule has 0 saturated carbocycles. The number of nitrogens with zero attached hydrogens (tertiary/aromatic N) is 1. The van der Waals surface area contributed by atoms with E-state index in [2.05, 4.69) is 26.2 Å². The number of aromatic nitrogens is 1. The molecule has 2 rings (SSSR count). The highest BCUT2D eigenvalue weighted by atomic mass is 79.9. The third-order valence-electron chi connectivity index (χ3n) is 2.56. The van der Waals surface area contributed by atoms with Gasteiger partial charge in [-0.25, -0.2) is 9.78 Å². The van der Waals surface area contributed by atoms with Gasteiger partial charge in [-0.05, 0) is 46.6 Å². The lowest BCUT2D eigenvalue weighted by atomic mass is 10.2. The molecular formula is C13H13BrN2O2S. The quantitative estimate of drug-likeness (QED) is 0.869. The van der Waals surface area contributed by atoms with Crippen LogP contribution < -0.4 is 5.32 Å². The Kier molecular flexibility index (Phi) is 4.55. The van der Waals surface area contributed by atoms with Crippen molar-refractivity contribution in [1.82, 2.24) is 4.98 Å². The summed E-state index contributed by atoms with van der Waals surface area (Å²) >= 11 is 5.05. The molecule has 0 fully saturated rings. The van der Waals surface area contributed by atoms with Crippen LogP contribution in [0.1, 0.15) is 27.9 Å². The van der Waals surface area contributed by atoms with E-state index in [0.717, 1.165) is 14.4 Å². The van der Waals surface area contributed by atoms with Crippen molar-refractivity contribution in [3.05, 3.63) is 44.2 Å². The van der Waals surface area contributed by atoms with Gasteiger partial charge in [-0.1, -0.05) is 6.92 Å². The standard InChI is InChI=1S/C13H13BrN2O2S/c1-2-9-5-8(13(17)18)6-12(16-9)15-7-10-3-4-11(14)19-10/h3-6H,2,7H2,1H3,(H,15,16)(H,17,18). The molecule has 0 aliphatic heterocycles. The second kappa shape index (κ2) is 6.16. The number of hydrogen-bond acceptors (Lipinski definition) is 4. The van der Waals surface area contributed by atoms with Crippen LogP contribution in [-0.2, 0) is 13.0 Å². The first-order valence-corrected chi connectivity index (χ1v) is 7.41. The van der Waals surface area contributed by atoms with Crippen LogP contribution in [-0.4, -0.2) is 16.1 Å². The van der Waals surface area contributed by atoms with E-state index in [1.54, 1.807) is 23.5 Å². The minimum Gasteiger partial charge on any atom is -0.478 e. The molecule has 6 heteroatoms. The summed E-state index contributed by atoms with van der Waals surface area (Å²) in [6.45, 7) is 2.59. The van der Waals surface area contributed by atoms with Gasteiger partial charge in [0.1, 0.15) is 5.82 Å². The van der Waals surface area contributed by atoms with E-state index >= 15 is 0 Å². The number of aromatic carboxylic acids is 1. The molecule has 0 unspecified atom stereocenters. The summed E-state index contributed by atoms with van der Waals surface area (Å²) in [5.74, 6) is -0.333. The second-order valence-electron chi connectivity index (χ2n) is 3.95. The molecule has 2 aromatic heterocycles. The first-order valence-electron chi connectivity index (χ1n) is 5.81. The van der Waals surface area contributed by atoms with Crippen molar-refractivity contribution >= 4 is 39.1 Å². The van der Waals surface area contributed by atoms with Crippen molar-refractivity contribution in [3.8, 4) is 0 Å². The van der Waals surface area contributed by atoms with Crippen LogP contribution in [0.25, 0.3) is 0 Å². The molecule has 0 bridgehead atoms. The first kappa shape index (κ1) is 14.0. The van der Waals surface area contributed by atoms with Crippen LogP contribution in [0.4, 0.5) is 5.82 Å². The average Bonchev–Trinajstić information content (AvgIpc) is 2.81. The Hall–Kier alpha value is -1.40. The lowest BCUT2D eigenvalue weighted by Gasteiger charge is -2.07. The van der Waals surface area contributed by atoms with Gasteiger partial charge in [0.05, 0.1) is 15.9 Å². The Morgan fingerprint density at radius 2 is 2.26 bits per heavy atom. The van der Waals surface area contributed by atoms with Gasteiger partial charge in [0.25, 0.3) is 0 Å². The first-order chi connectivity index (χ1) is 9.08. The largest absolute Gasteiger partial charge is 0.478 e. The molecule has 19 heavy (non-hydrogen) atoms. The number of hydrogen-bond donors (Lipinski definition) is 2. The van der Waals surface area contributed by atoms with Crippen LogP contribution in [0.15, 0.2) is 28.1 Å². The highest BCUT2D eigenvalue weighted by molar-refractivity contribution is 9.11. The fourth-order valence-corrected chi connectivity index (χ4v) is 3.03. The number of thiophene rings is 1. The maximum absolute atomic E-state index is 11.0. The predicted octanol–water partition coefficient (Wildman–Crippen LogP) is 3.78. The van der Waals surface area contributed by atoms with E-state index in [-0.39, 0.29) is 5.56 Å². The Bertz CT molecular complexity index is 598. The average molecular weight is 341 g/mol. The predicted molar refractivity (Wildman–Crippen MR) is 79.9 cm³/mol. The number of carboxylic acid groups (broad SMARTS) is 1. The Morgan fingerprint density at radius 1 is 1.47 bits per heavy atom. The topological polar surface area (TPSA) is 62.2 Å². The molecule has 0 spiro atoms. The van der Waals surface area contributed by atoms with Crippen LogP contribution >= 0.6 is 27.3 Å². The van der Waals surface area contributed by atoms with Crippen molar-refractivity contribution in [1.29, 1.82) is 0 Å². The van der Waals surface area contributed by atoms with Crippen LogP contribution in [0.2, 0.25) is 0 Å². The molecule has 100 valence electrons. The van der Waals surface area contributed by atoms with Gasteiger partial charge < -0.3 is 10.4 Å². The number of pyridine rings is 1. The van der Waals surface area contributed by atoms with E-state index in [1.807, 2.05) is 19.1 Å². The van der Waals surface area contributed by atoms with E-state index in [4.69, 9.17) is 5.11 Å². The van der Waals surface area contributed by atoms with Crippen molar-refractivity contribution in [2.45, 2.75) is 19.9 Å². The summed E-state index contributed by atoms with van der Waals surface area (Å²) in [5, 5.41) is 12.2. The molecule has 0 aromatic carbocycles. The van der Waals surface area contributed by atoms with E-state index < -0.39 is 5.97 Å². The summed E-state index contributed by atoms with van der Waals surface area (Å²) in [6.07, 6.45) is 0.709. The van der Waals surface area contributed by atoms with Crippen molar-refractivity contribution in [2.75, 3.05) is 5.32 Å². The third-order valence-corrected chi connectivity index (χ3v) is 4.18. The molecule has 0 aliphatic rings. The zero-order valence-electron chi connectivity index (χ0n) is 10.3. The number of rotatable bonds is 5. The second-order valence-corrected chi connectivity index (χ2v) is 6.50. The summed E-state index contributed by atoms with van der Waals surface area (Å²) in [7, 11) is 0. The smallest absolute Gasteiger partial charge is 0.335 e. The molecule has 0 radical (unpaired) electrons. The van der Waals surface area contributed by atoms with Gasteiger partial charge in [-0.15, -0.1) is 11.3 Å². The minimum absolute atomic E-state index is 0.265.